The van der Waals surface area contributed by atoms with Gasteiger partial charge in [0.2, 0.25) is 0 Å². The maximum atomic E-state index is 13.2. The molecule has 6 heteroatoms. The molecule has 0 bridgehead atoms. The molecule has 1 saturated heterocycles. The van der Waals surface area contributed by atoms with Crippen LogP contribution in [0.5, 0.6) is 0 Å². The Labute approximate surface area is 198 Å². The van der Waals surface area contributed by atoms with Crippen molar-refractivity contribution in [3.63, 3.8) is 0 Å². The lowest BCUT2D eigenvalue weighted by Crippen LogP contribution is -2.36. The summed E-state index contributed by atoms with van der Waals surface area (Å²) < 4.78 is 5.60. The molecule has 2 unspecified atom stereocenters. The summed E-state index contributed by atoms with van der Waals surface area (Å²) in [4.78, 5) is 40.2. The summed E-state index contributed by atoms with van der Waals surface area (Å²) in [5, 5.41) is 3.12. The molecule has 2 heterocycles. The molecule has 34 heavy (non-hydrogen) atoms. The quantitative estimate of drug-likeness (QED) is 0.544. The van der Waals surface area contributed by atoms with E-state index in [-0.39, 0.29) is 42.0 Å². The molecule has 2 atom stereocenters. The van der Waals surface area contributed by atoms with Gasteiger partial charge in [0.25, 0.3) is 17.7 Å². The Bertz CT molecular complexity index is 1200. The summed E-state index contributed by atoms with van der Waals surface area (Å²) >= 11 is 0. The van der Waals surface area contributed by atoms with Crippen LogP contribution in [0.25, 0.3) is 0 Å². The van der Waals surface area contributed by atoms with Crippen molar-refractivity contribution in [3.05, 3.63) is 107 Å². The highest BCUT2D eigenvalue weighted by Gasteiger charge is 2.38. The van der Waals surface area contributed by atoms with Crippen LogP contribution < -0.4 is 5.32 Å². The topological polar surface area (TPSA) is 75.7 Å². The molecule has 1 fully saturated rings. The number of benzene rings is 3. The molecule has 6 nitrogen and oxygen atoms in total. The largest absolute Gasteiger partial charge is 0.376 e. The molecular formula is C28H26N2O4. The lowest BCUT2D eigenvalue weighted by atomic mass is 9.98. The number of imide groups is 1. The molecule has 2 aliphatic rings. The lowest BCUT2D eigenvalue weighted by Gasteiger charge is -2.20. The Morgan fingerprint density at radius 2 is 1.65 bits per heavy atom. The Morgan fingerprint density at radius 3 is 2.35 bits per heavy atom. The van der Waals surface area contributed by atoms with Crippen LogP contribution in [-0.4, -0.2) is 41.9 Å². The van der Waals surface area contributed by atoms with Crippen LogP contribution in [0.3, 0.4) is 0 Å². The smallest absolute Gasteiger partial charge is 0.261 e. The third-order valence-corrected chi connectivity index (χ3v) is 6.43. The minimum Gasteiger partial charge on any atom is -0.376 e. The van der Waals surface area contributed by atoms with E-state index < -0.39 is 0 Å². The first-order valence-electron chi connectivity index (χ1n) is 11.6. The van der Waals surface area contributed by atoms with Gasteiger partial charge in [0.05, 0.1) is 29.8 Å². The number of amides is 3. The highest BCUT2D eigenvalue weighted by molar-refractivity contribution is 6.22. The first-order chi connectivity index (χ1) is 16.6. The van der Waals surface area contributed by atoms with Crippen molar-refractivity contribution < 1.29 is 19.1 Å². The first-order valence-corrected chi connectivity index (χ1v) is 11.6. The average molecular weight is 455 g/mol. The van der Waals surface area contributed by atoms with Gasteiger partial charge in [0, 0.05) is 12.2 Å². The van der Waals surface area contributed by atoms with Gasteiger partial charge < -0.3 is 10.1 Å². The zero-order valence-electron chi connectivity index (χ0n) is 18.8. The highest BCUT2D eigenvalue weighted by atomic mass is 16.5. The molecule has 0 spiro atoms. The van der Waals surface area contributed by atoms with Gasteiger partial charge in [-0.1, -0.05) is 60.7 Å². The molecule has 1 N–H and O–H groups in total. The number of carbonyl (C=O) groups excluding carboxylic acids is 3. The number of rotatable bonds is 7. The molecule has 3 amide bonds. The standard InChI is InChI=1S/C28H26N2O4/c31-26(29-25(20-10-5-2-6-11-20)16-19-8-3-1-4-9-19)21-13-14-23-24(17-21)28(33)30(27(23)32)18-22-12-7-15-34-22/h1-6,8-11,13-14,17,22,25H,7,12,15-16,18H2,(H,29,31). The molecule has 3 aromatic carbocycles. The zero-order valence-corrected chi connectivity index (χ0v) is 18.8. The maximum Gasteiger partial charge on any atom is 0.261 e. The van der Waals surface area contributed by atoms with Crippen molar-refractivity contribution in [2.45, 2.75) is 31.4 Å². The third kappa shape index (κ3) is 4.50. The third-order valence-electron chi connectivity index (χ3n) is 6.43. The Morgan fingerprint density at radius 1 is 0.941 bits per heavy atom. The Hall–Kier alpha value is -3.77. The van der Waals surface area contributed by atoms with E-state index in [2.05, 4.69) is 5.32 Å². The molecule has 0 aliphatic carbocycles. The van der Waals surface area contributed by atoms with E-state index in [1.54, 1.807) is 12.1 Å². The molecule has 2 aliphatic heterocycles. The van der Waals surface area contributed by atoms with E-state index in [0.29, 0.717) is 24.2 Å². The van der Waals surface area contributed by atoms with Gasteiger partial charge in [-0.2, -0.15) is 0 Å². The summed E-state index contributed by atoms with van der Waals surface area (Å²) in [5.41, 5.74) is 3.07. The van der Waals surface area contributed by atoms with Gasteiger partial charge >= 0.3 is 0 Å². The molecule has 3 aromatic rings. The number of ether oxygens (including phenoxy) is 1. The van der Waals surface area contributed by atoms with Gasteiger partial charge in [-0.15, -0.1) is 0 Å². The first kappa shape index (κ1) is 22.0. The van der Waals surface area contributed by atoms with Gasteiger partial charge in [-0.3, -0.25) is 19.3 Å². The van der Waals surface area contributed by atoms with Crippen molar-refractivity contribution in [1.29, 1.82) is 0 Å². The fourth-order valence-electron chi connectivity index (χ4n) is 4.62. The van der Waals surface area contributed by atoms with E-state index in [1.165, 1.54) is 11.0 Å². The Kier molecular flexibility index (Phi) is 6.23. The highest BCUT2D eigenvalue weighted by Crippen LogP contribution is 2.27. The number of nitrogens with one attached hydrogen (secondary N) is 1. The fraction of sp³-hybridized carbons (Fsp3) is 0.250. The molecule has 0 radical (unpaired) electrons. The summed E-state index contributed by atoms with van der Waals surface area (Å²) in [7, 11) is 0. The predicted octanol–water partition coefficient (Wildman–Crippen LogP) is 4.18. The van der Waals surface area contributed by atoms with Crippen LogP contribution in [0.2, 0.25) is 0 Å². The van der Waals surface area contributed by atoms with Gasteiger partial charge in [0.1, 0.15) is 0 Å². The van der Waals surface area contributed by atoms with Gasteiger partial charge in [0.15, 0.2) is 0 Å². The summed E-state index contributed by atoms with van der Waals surface area (Å²) in [5.74, 6) is -0.979. The summed E-state index contributed by atoms with van der Waals surface area (Å²) in [6.07, 6.45) is 2.29. The molecule has 172 valence electrons. The Balaban J connectivity index is 1.36. The van der Waals surface area contributed by atoms with Crippen molar-refractivity contribution in [2.75, 3.05) is 13.2 Å². The molecule has 0 saturated carbocycles. The van der Waals surface area contributed by atoms with Crippen LogP contribution in [0.1, 0.15) is 61.1 Å². The second kappa shape index (κ2) is 9.61. The number of carbonyl (C=O) groups is 3. The minimum absolute atomic E-state index is 0.116. The molecular weight excluding hydrogens is 428 g/mol. The van der Waals surface area contributed by atoms with Gasteiger partial charge in [-0.05, 0) is 48.6 Å². The molecule has 0 aromatic heterocycles. The zero-order chi connectivity index (χ0) is 23.5. The lowest BCUT2D eigenvalue weighted by molar-refractivity contribution is 0.0475. The summed E-state index contributed by atoms with van der Waals surface area (Å²) in [6, 6.07) is 24.3. The van der Waals surface area contributed by atoms with Crippen LogP contribution in [0.4, 0.5) is 0 Å². The normalized spacial score (nSPS) is 18.1. The van der Waals surface area contributed by atoms with Crippen LogP contribution >= 0.6 is 0 Å². The average Bonchev–Trinajstić information content (AvgIpc) is 3.47. The van der Waals surface area contributed by atoms with Crippen molar-refractivity contribution >= 4 is 17.7 Å². The van der Waals surface area contributed by atoms with E-state index >= 15 is 0 Å². The fourth-order valence-corrected chi connectivity index (χ4v) is 4.62. The van der Waals surface area contributed by atoms with Crippen molar-refractivity contribution in [2.24, 2.45) is 0 Å². The van der Waals surface area contributed by atoms with E-state index in [9.17, 15) is 14.4 Å². The van der Waals surface area contributed by atoms with Crippen LogP contribution in [0, 0.1) is 0 Å². The number of hydrogen-bond donors (Lipinski definition) is 1. The second-order valence-electron chi connectivity index (χ2n) is 8.74. The summed E-state index contributed by atoms with van der Waals surface area (Å²) in [6.45, 7) is 0.907. The van der Waals surface area contributed by atoms with Crippen LogP contribution in [-0.2, 0) is 11.2 Å². The van der Waals surface area contributed by atoms with E-state index in [0.717, 1.165) is 24.0 Å². The predicted molar refractivity (Wildman–Crippen MR) is 128 cm³/mol. The van der Waals surface area contributed by atoms with Crippen molar-refractivity contribution in [3.8, 4) is 0 Å². The van der Waals surface area contributed by atoms with Crippen molar-refractivity contribution in [1.82, 2.24) is 10.2 Å². The molecule has 5 rings (SSSR count). The number of nitrogens with zero attached hydrogens (tertiary/aromatic N) is 1. The maximum absolute atomic E-state index is 13.2. The SMILES string of the molecule is O=C(NC(Cc1ccccc1)c1ccccc1)c1ccc2c(c1)C(=O)N(CC1CCCO1)C2=O. The monoisotopic (exact) mass is 454 g/mol. The van der Waals surface area contributed by atoms with Crippen LogP contribution in [0.15, 0.2) is 78.9 Å². The second-order valence-corrected chi connectivity index (χ2v) is 8.74. The number of fused-ring (bicyclic) bond motifs is 1. The number of hydrogen-bond acceptors (Lipinski definition) is 4. The van der Waals surface area contributed by atoms with E-state index in [4.69, 9.17) is 4.74 Å². The van der Waals surface area contributed by atoms with E-state index in [1.807, 2.05) is 60.7 Å². The minimum atomic E-state index is -0.367. The van der Waals surface area contributed by atoms with Gasteiger partial charge in [-0.25, -0.2) is 0 Å².